The highest BCUT2D eigenvalue weighted by molar-refractivity contribution is 7.39. The van der Waals surface area contributed by atoms with Crippen LogP contribution in [0.15, 0.2) is 24.3 Å². The van der Waals surface area contributed by atoms with Crippen molar-refractivity contribution in [3.63, 3.8) is 0 Å². The second-order valence-corrected chi connectivity index (χ2v) is 5.28. The topological polar surface area (TPSA) is 76.0 Å². The first-order valence-corrected chi connectivity index (χ1v) is 8.47. The van der Waals surface area contributed by atoms with Gasteiger partial charge in [-0.25, -0.2) is 0 Å². The van der Waals surface area contributed by atoms with Gasteiger partial charge in [0.1, 0.15) is 0 Å². The fraction of sp³-hybridized carbons (Fsp3) is 0.562. The highest BCUT2D eigenvalue weighted by Crippen LogP contribution is 2.39. The molecule has 0 aliphatic heterocycles. The molecule has 0 amide bonds. The van der Waals surface area contributed by atoms with Crippen molar-refractivity contribution in [2.24, 2.45) is 0 Å². The van der Waals surface area contributed by atoms with Gasteiger partial charge >= 0.3 is 8.60 Å². The summed E-state index contributed by atoms with van der Waals surface area (Å²) < 4.78 is 9.05. The van der Waals surface area contributed by atoms with Crippen LogP contribution in [0.5, 0.6) is 0 Å². The van der Waals surface area contributed by atoms with Crippen LogP contribution in [-0.4, -0.2) is 23.4 Å². The highest BCUT2D eigenvalue weighted by Gasteiger charge is 2.27. The van der Waals surface area contributed by atoms with E-state index in [0.717, 1.165) is 18.4 Å². The van der Waals surface area contributed by atoms with Gasteiger partial charge in [0.2, 0.25) is 0 Å². The molecule has 0 saturated heterocycles. The van der Waals surface area contributed by atoms with Crippen LogP contribution in [-0.2, 0) is 26.1 Å². The number of hydrogen-bond acceptors (Lipinski definition) is 5. The van der Waals surface area contributed by atoms with E-state index in [1.165, 1.54) is 12.7 Å². The fourth-order valence-electron chi connectivity index (χ4n) is 1.85. The van der Waals surface area contributed by atoms with Gasteiger partial charge < -0.3 is 19.0 Å². The monoisotopic (exact) mass is 332 g/mol. The number of rotatable bonds is 6. The number of ether oxygens (including phenoxy) is 1. The molecule has 0 radical (unpaired) electrons. The van der Waals surface area contributed by atoms with E-state index in [9.17, 15) is 0 Å². The first kappa shape index (κ1) is 23.3. The van der Waals surface area contributed by atoms with E-state index in [-0.39, 0.29) is 0 Å². The normalized spacial score (nSPS) is 10.0. The summed E-state index contributed by atoms with van der Waals surface area (Å²) in [6, 6.07) is 7.96. The lowest BCUT2D eigenvalue weighted by atomic mass is 9.91. The Morgan fingerprint density at radius 1 is 1.23 bits per heavy atom. The minimum absolute atomic E-state index is 0.375. The minimum atomic E-state index is -2.33. The van der Waals surface area contributed by atoms with Crippen molar-refractivity contribution in [2.75, 3.05) is 7.11 Å². The standard InChI is InChI=1S/C12H19O3P.C2H4O2.C2H6/c1-4-7-10-8-5-6-9-11(10)12(2,3)15-16(13)14;1-4-2-3;1-2/h5-6,8-9,13-14H,4,7H2,1-3H3;2H,1H3;1-2H3. The molecule has 2 N–H and O–H groups in total. The molecule has 0 spiro atoms. The second-order valence-electron chi connectivity index (χ2n) is 4.59. The summed E-state index contributed by atoms with van der Waals surface area (Å²) in [5.41, 5.74) is 1.56. The average Bonchev–Trinajstić information content (AvgIpc) is 2.49. The van der Waals surface area contributed by atoms with Crippen LogP contribution in [0.2, 0.25) is 0 Å². The molecule has 0 heterocycles. The molecular weight excluding hydrogens is 303 g/mol. The van der Waals surface area contributed by atoms with Crippen molar-refractivity contribution in [2.45, 2.75) is 53.1 Å². The van der Waals surface area contributed by atoms with E-state index in [2.05, 4.69) is 17.7 Å². The zero-order valence-electron chi connectivity index (χ0n) is 14.4. The molecule has 0 fully saturated rings. The van der Waals surface area contributed by atoms with Crippen LogP contribution >= 0.6 is 8.60 Å². The quantitative estimate of drug-likeness (QED) is 0.610. The van der Waals surface area contributed by atoms with E-state index in [1.54, 1.807) is 0 Å². The molecule has 0 saturated carbocycles. The van der Waals surface area contributed by atoms with Crippen molar-refractivity contribution in [3.05, 3.63) is 35.4 Å². The van der Waals surface area contributed by atoms with Gasteiger partial charge in [-0.2, -0.15) is 0 Å². The number of methoxy groups -OCH3 is 1. The van der Waals surface area contributed by atoms with Gasteiger partial charge in [0.15, 0.2) is 0 Å². The summed E-state index contributed by atoms with van der Waals surface area (Å²) in [5.74, 6) is 0. The molecule has 22 heavy (non-hydrogen) atoms. The first-order chi connectivity index (χ1) is 10.4. The summed E-state index contributed by atoms with van der Waals surface area (Å²) in [6.45, 7) is 10.2. The Morgan fingerprint density at radius 3 is 2.14 bits per heavy atom. The summed E-state index contributed by atoms with van der Waals surface area (Å²) in [5, 5.41) is 0. The Hall–Kier alpha value is -1.00. The third kappa shape index (κ3) is 9.85. The van der Waals surface area contributed by atoms with Gasteiger partial charge in [-0.3, -0.25) is 4.79 Å². The third-order valence-electron chi connectivity index (χ3n) is 2.59. The molecule has 6 heteroatoms. The molecule has 0 unspecified atom stereocenters. The van der Waals surface area contributed by atoms with Crippen molar-refractivity contribution in [3.8, 4) is 0 Å². The molecule has 0 bridgehead atoms. The summed E-state index contributed by atoms with van der Waals surface area (Å²) in [6.07, 6.45) is 2.03. The molecule has 0 atom stereocenters. The summed E-state index contributed by atoms with van der Waals surface area (Å²) >= 11 is 0. The van der Waals surface area contributed by atoms with Crippen molar-refractivity contribution in [1.82, 2.24) is 0 Å². The van der Waals surface area contributed by atoms with Gasteiger partial charge in [-0.1, -0.05) is 51.5 Å². The lowest BCUT2D eigenvalue weighted by molar-refractivity contribution is -0.126. The maximum Gasteiger partial charge on any atom is 0.327 e. The van der Waals surface area contributed by atoms with Crippen LogP contribution in [0.25, 0.3) is 0 Å². The number of carbonyl (C=O) groups is 1. The van der Waals surface area contributed by atoms with E-state index >= 15 is 0 Å². The Bertz CT molecular complexity index is 394. The number of carbonyl (C=O) groups excluding carboxylic acids is 1. The summed E-state index contributed by atoms with van der Waals surface area (Å²) in [4.78, 5) is 26.9. The zero-order chi connectivity index (χ0) is 17.6. The maximum atomic E-state index is 8.97. The average molecular weight is 332 g/mol. The van der Waals surface area contributed by atoms with E-state index in [0.29, 0.717) is 6.47 Å². The van der Waals surface area contributed by atoms with E-state index in [4.69, 9.17) is 19.1 Å². The van der Waals surface area contributed by atoms with Gasteiger partial charge in [0, 0.05) is 0 Å². The molecule has 0 aliphatic carbocycles. The second kappa shape index (κ2) is 13.6. The van der Waals surface area contributed by atoms with E-state index in [1.807, 2.05) is 45.9 Å². The molecule has 5 nitrogen and oxygen atoms in total. The lowest BCUT2D eigenvalue weighted by Crippen LogP contribution is -2.21. The Labute approximate surface area is 135 Å². The maximum absolute atomic E-state index is 8.97. The highest BCUT2D eigenvalue weighted by atomic mass is 31.2. The zero-order valence-corrected chi connectivity index (χ0v) is 15.3. The molecule has 0 aliphatic rings. The van der Waals surface area contributed by atoms with Crippen LogP contribution in [0, 0.1) is 0 Å². The first-order valence-electron chi connectivity index (χ1n) is 7.30. The van der Waals surface area contributed by atoms with Gasteiger partial charge in [0.05, 0.1) is 12.7 Å². The lowest BCUT2D eigenvalue weighted by Gasteiger charge is -2.28. The van der Waals surface area contributed by atoms with Crippen molar-refractivity contribution >= 4 is 15.1 Å². The Morgan fingerprint density at radius 2 is 1.73 bits per heavy atom. The molecule has 0 aromatic heterocycles. The SMILES string of the molecule is CC.CCCc1ccccc1C(C)(C)OP(O)O.COC=O. The van der Waals surface area contributed by atoms with Crippen molar-refractivity contribution in [1.29, 1.82) is 0 Å². The number of benzene rings is 1. The largest absolute Gasteiger partial charge is 0.471 e. The van der Waals surface area contributed by atoms with Crippen LogP contribution in [0.1, 0.15) is 52.2 Å². The predicted octanol–water partition coefficient (Wildman–Crippen LogP) is 3.92. The number of aryl methyl sites for hydroxylation is 1. The van der Waals surface area contributed by atoms with Gasteiger partial charge in [-0.05, 0) is 31.4 Å². The Kier molecular flexibility index (Phi) is 14.4. The molecule has 128 valence electrons. The molecule has 1 rings (SSSR count). The van der Waals surface area contributed by atoms with Crippen LogP contribution in [0.4, 0.5) is 0 Å². The predicted molar refractivity (Wildman–Crippen MR) is 90.3 cm³/mol. The number of hydrogen-bond donors (Lipinski definition) is 2. The van der Waals surface area contributed by atoms with E-state index < -0.39 is 14.2 Å². The van der Waals surface area contributed by atoms with Gasteiger partial charge in [-0.15, -0.1) is 0 Å². The van der Waals surface area contributed by atoms with Crippen LogP contribution in [0.3, 0.4) is 0 Å². The Balaban J connectivity index is 0. The smallest absolute Gasteiger partial charge is 0.327 e. The molecule has 1 aromatic carbocycles. The third-order valence-corrected chi connectivity index (χ3v) is 3.21. The summed E-state index contributed by atoms with van der Waals surface area (Å²) in [7, 11) is -1.02. The molecule has 1 aromatic rings. The minimum Gasteiger partial charge on any atom is -0.471 e. The fourth-order valence-corrected chi connectivity index (χ4v) is 2.35. The van der Waals surface area contributed by atoms with Gasteiger partial charge in [0.25, 0.3) is 6.47 Å². The van der Waals surface area contributed by atoms with Crippen molar-refractivity contribution < 1.29 is 23.8 Å². The molecular formula is C16H29O5P. The van der Waals surface area contributed by atoms with Crippen LogP contribution < -0.4 is 0 Å².